The van der Waals surface area contributed by atoms with Crippen molar-refractivity contribution in [1.82, 2.24) is 4.90 Å². The molecule has 7 heteroatoms. The monoisotopic (exact) mass is 411 g/mol. The first-order valence-electron chi connectivity index (χ1n) is 9.58. The number of amidine groups is 1. The maximum Gasteiger partial charge on any atom is 0.242 e. The highest BCUT2D eigenvalue weighted by atomic mass is 32.2. The Labute approximate surface area is 175 Å². The van der Waals surface area contributed by atoms with Gasteiger partial charge in [-0.1, -0.05) is 49.0 Å². The van der Waals surface area contributed by atoms with Crippen molar-refractivity contribution < 1.29 is 14.3 Å². The number of aryl methyl sites for hydroxylation is 1. The molecule has 0 spiro atoms. The molecule has 1 atom stereocenters. The van der Waals surface area contributed by atoms with Crippen LogP contribution in [-0.4, -0.2) is 40.8 Å². The molecule has 0 saturated carbocycles. The number of rotatable bonds is 7. The van der Waals surface area contributed by atoms with Crippen LogP contribution in [0.3, 0.4) is 0 Å². The van der Waals surface area contributed by atoms with Crippen molar-refractivity contribution in [3.8, 4) is 5.75 Å². The van der Waals surface area contributed by atoms with Crippen molar-refractivity contribution in [2.45, 2.75) is 31.9 Å². The van der Waals surface area contributed by atoms with Gasteiger partial charge in [0.25, 0.3) is 0 Å². The molecule has 2 amide bonds. The van der Waals surface area contributed by atoms with Gasteiger partial charge in [0, 0.05) is 13.0 Å². The zero-order valence-electron chi connectivity index (χ0n) is 16.8. The van der Waals surface area contributed by atoms with Crippen LogP contribution in [0.1, 0.15) is 25.3 Å². The number of para-hydroxylation sites is 3. The van der Waals surface area contributed by atoms with E-state index in [0.717, 1.165) is 17.7 Å². The molecule has 0 radical (unpaired) electrons. The van der Waals surface area contributed by atoms with Crippen LogP contribution in [0.25, 0.3) is 0 Å². The molecule has 1 aliphatic heterocycles. The summed E-state index contributed by atoms with van der Waals surface area (Å²) in [7, 11) is 1.55. The fourth-order valence-electron chi connectivity index (χ4n) is 3.06. The number of hydrogen-bond donors (Lipinski definition) is 1. The lowest BCUT2D eigenvalue weighted by Crippen LogP contribution is -2.34. The number of carbonyl (C=O) groups excluding carboxylic acids is 2. The number of anilines is 1. The summed E-state index contributed by atoms with van der Waals surface area (Å²) in [5.41, 5.74) is 2.47. The number of ether oxygens (including phenoxy) is 1. The number of nitrogens with zero attached hydrogens (tertiary/aromatic N) is 2. The first kappa shape index (κ1) is 20.9. The molecular weight excluding hydrogens is 386 g/mol. The molecule has 2 aromatic rings. The Morgan fingerprint density at radius 3 is 2.66 bits per heavy atom. The molecular formula is C22H25N3O3S. The summed E-state index contributed by atoms with van der Waals surface area (Å²) in [6.07, 6.45) is 0.897. The minimum absolute atomic E-state index is 0.0700. The number of nitrogens with one attached hydrogen (secondary N) is 1. The largest absolute Gasteiger partial charge is 0.495 e. The third-order valence-corrected chi connectivity index (χ3v) is 5.73. The van der Waals surface area contributed by atoms with E-state index in [4.69, 9.17) is 9.73 Å². The van der Waals surface area contributed by atoms with Crippen LogP contribution in [0, 0.1) is 6.92 Å². The van der Waals surface area contributed by atoms with Gasteiger partial charge in [0.05, 0.1) is 18.5 Å². The van der Waals surface area contributed by atoms with Crippen molar-refractivity contribution >= 4 is 40.1 Å². The quantitative estimate of drug-likeness (QED) is 0.734. The Balaban J connectivity index is 1.75. The second-order valence-electron chi connectivity index (χ2n) is 6.73. The molecule has 2 aromatic carbocycles. The van der Waals surface area contributed by atoms with Crippen LogP contribution in [0.5, 0.6) is 5.75 Å². The molecule has 0 bridgehead atoms. The van der Waals surface area contributed by atoms with Gasteiger partial charge in [0.2, 0.25) is 11.8 Å². The fraction of sp³-hybridized carbons (Fsp3) is 0.318. The number of aliphatic imine (C=N–C) groups is 1. The number of hydrogen-bond acceptors (Lipinski definition) is 5. The molecule has 1 heterocycles. The van der Waals surface area contributed by atoms with Crippen molar-refractivity contribution in [2.75, 3.05) is 19.0 Å². The van der Waals surface area contributed by atoms with Crippen molar-refractivity contribution in [1.29, 1.82) is 0 Å². The van der Waals surface area contributed by atoms with Gasteiger partial charge in [-0.3, -0.25) is 14.5 Å². The minimum atomic E-state index is -0.487. The molecule has 29 heavy (non-hydrogen) atoms. The second-order valence-corrected chi connectivity index (χ2v) is 7.90. The van der Waals surface area contributed by atoms with Gasteiger partial charge in [0.1, 0.15) is 11.0 Å². The van der Waals surface area contributed by atoms with E-state index >= 15 is 0 Å². The zero-order chi connectivity index (χ0) is 20.8. The SMILES string of the molecule is CCCN1C(=O)[C@@H](CC(=O)Nc2ccccc2OC)SC1=Nc1ccccc1C. The van der Waals surface area contributed by atoms with Crippen molar-refractivity contribution in [2.24, 2.45) is 4.99 Å². The Hall–Kier alpha value is -2.80. The summed E-state index contributed by atoms with van der Waals surface area (Å²) in [6, 6.07) is 15.0. The maximum absolute atomic E-state index is 12.9. The summed E-state index contributed by atoms with van der Waals surface area (Å²) in [5.74, 6) is 0.286. The zero-order valence-corrected chi connectivity index (χ0v) is 17.7. The molecule has 0 aromatic heterocycles. The molecule has 3 rings (SSSR count). The average molecular weight is 412 g/mol. The average Bonchev–Trinajstić information content (AvgIpc) is 2.99. The Morgan fingerprint density at radius 1 is 1.21 bits per heavy atom. The van der Waals surface area contributed by atoms with Gasteiger partial charge in [0.15, 0.2) is 5.17 Å². The van der Waals surface area contributed by atoms with Crippen LogP contribution in [-0.2, 0) is 9.59 Å². The molecule has 1 fully saturated rings. The standard InChI is InChI=1S/C22H25N3O3S/c1-4-13-25-21(27)19(29-22(25)24-16-10-6-5-9-15(16)2)14-20(26)23-17-11-7-8-12-18(17)28-3/h5-12,19H,4,13-14H2,1-3H3,(H,23,26)/t19-/m1/s1. The smallest absolute Gasteiger partial charge is 0.242 e. The van der Waals surface area contributed by atoms with E-state index < -0.39 is 5.25 Å². The van der Waals surface area contributed by atoms with E-state index in [1.54, 1.807) is 24.1 Å². The number of amides is 2. The molecule has 0 unspecified atom stereocenters. The van der Waals surface area contributed by atoms with E-state index in [1.807, 2.05) is 50.2 Å². The van der Waals surface area contributed by atoms with Crippen molar-refractivity contribution in [3.63, 3.8) is 0 Å². The van der Waals surface area contributed by atoms with E-state index in [0.29, 0.717) is 23.1 Å². The lowest BCUT2D eigenvalue weighted by molar-refractivity contribution is -0.128. The van der Waals surface area contributed by atoms with Crippen LogP contribution in [0.2, 0.25) is 0 Å². The summed E-state index contributed by atoms with van der Waals surface area (Å²) in [4.78, 5) is 31.9. The molecule has 6 nitrogen and oxygen atoms in total. The molecule has 1 N–H and O–H groups in total. The highest BCUT2D eigenvalue weighted by molar-refractivity contribution is 8.15. The first-order valence-corrected chi connectivity index (χ1v) is 10.5. The van der Waals surface area contributed by atoms with Crippen LogP contribution >= 0.6 is 11.8 Å². The maximum atomic E-state index is 12.9. The van der Waals surface area contributed by atoms with E-state index in [1.165, 1.54) is 11.8 Å². The first-order chi connectivity index (χ1) is 14.0. The number of thioether (sulfide) groups is 1. The summed E-state index contributed by atoms with van der Waals surface area (Å²) < 4.78 is 5.27. The van der Waals surface area contributed by atoms with Gasteiger partial charge in [-0.25, -0.2) is 4.99 Å². The lowest BCUT2D eigenvalue weighted by Gasteiger charge is -2.15. The molecule has 1 saturated heterocycles. The van der Waals surface area contributed by atoms with E-state index in [-0.39, 0.29) is 18.2 Å². The molecule has 0 aliphatic carbocycles. The van der Waals surface area contributed by atoms with Gasteiger partial charge in [-0.2, -0.15) is 0 Å². The van der Waals surface area contributed by atoms with E-state index in [2.05, 4.69) is 5.32 Å². The van der Waals surface area contributed by atoms with Crippen LogP contribution < -0.4 is 10.1 Å². The third kappa shape index (κ3) is 4.98. The van der Waals surface area contributed by atoms with Crippen LogP contribution in [0.15, 0.2) is 53.5 Å². The Kier molecular flexibility index (Phi) is 6.93. The topological polar surface area (TPSA) is 71.0 Å². The van der Waals surface area contributed by atoms with Gasteiger partial charge in [-0.15, -0.1) is 0 Å². The highest BCUT2D eigenvalue weighted by Gasteiger charge is 2.38. The predicted molar refractivity (Wildman–Crippen MR) is 118 cm³/mol. The second kappa shape index (κ2) is 9.60. The summed E-state index contributed by atoms with van der Waals surface area (Å²) in [5, 5.41) is 3.01. The number of carbonyl (C=O) groups is 2. The number of methoxy groups -OCH3 is 1. The van der Waals surface area contributed by atoms with Gasteiger partial charge < -0.3 is 10.1 Å². The van der Waals surface area contributed by atoms with E-state index in [9.17, 15) is 9.59 Å². The summed E-state index contributed by atoms with van der Waals surface area (Å²) in [6.45, 7) is 4.59. The number of benzene rings is 2. The fourth-order valence-corrected chi connectivity index (χ4v) is 4.24. The minimum Gasteiger partial charge on any atom is -0.495 e. The van der Waals surface area contributed by atoms with Gasteiger partial charge >= 0.3 is 0 Å². The van der Waals surface area contributed by atoms with Gasteiger partial charge in [-0.05, 0) is 37.1 Å². The third-order valence-electron chi connectivity index (χ3n) is 4.55. The normalized spacial score (nSPS) is 17.6. The summed E-state index contributed by atoms with van der Waals surface area (Å²) >= 11 is 1.35. The Bertz CT molecular complexity index is 929. The Morgan fingerprint density at radius 2 is 1.93 bits per heavy atom. The lowest BCUT2D eigenvalue weighted by atomic mass is 10.2. The van der Waals surface area contributed by atoms with Crippen LogP contribution in [0.4, 0.5) is 11.4 Å². The molecule has 1 aliphatic rings. The van der Waals surface area contributed by atoms with Crippen molar-refractivity contribution in [3.05, 3.63) is 54.1 Å². The highest BCUT2D eigenvalue weighted by Crippen LogP contribution is 2.33. The predicted octanol–water partition coefficient (Wildman–Crippen LogP) is 4.37. The molecule has 152 valence electrons.